The minimum Gasteiger partial charge on any atom is -0.376 e. The Hall–Kier alpha value is -1.12. The highest BCUT2D eigenvalue weighted by atomic mass is 28.1. The second kappa shape index (κ2) is 5.99. The predicted molar refractivity (Wildman–Crippen MR) is 77.1 cm³/mol. The third-order valence-corrected chi connectivity index (χ3v) is 4.27. The summed E-state index contributed by atoms with van der Waals surface area (Å²) < 4.78 is 5.86. The number of allylic oxidation sites excluding steroid dienone is 2. The summed E-state index contributed by atoms with van der Waals surface area (Å²) in [6, 6.07) is 10.4. The quantitative estimate of drug-likeness (QED) is 0.586. The lowest BCUT2D eigenvalue weighted by molar-refractivity contribution is 0.0154. The molecule has 0 bridgehead atoms. The zero-order valence-electron chi connectivity index (χ0n) is 10.4. The van der Waals surface area contributed by atoms with E-state index in [1.807, 2.05) is 6.07 Å². The fourth-order valence-electron chi connectivity index (χ4n) is 2.08. The Balaban J connectivity index is 1.91. The van der Waals surface area contributed by atoms with Gasteiger partial charge in [0, 0.05) is 16.8 Å². The van der Waals surface area contributed by atoms with Crippen molar-refractivity contribution in [2.24, 2.45) is 0 Å². The van der Waals surface area contributed by atoms with Crippen LogP contribution in [0.25, 0.3) is 6.08 Å². The van der Waals surface area contributed by atoms with Crippen LogP contribution < -0.4 is 0 Å². The van der Waals surface area contributed by atoms with Gasteiger partial charge >= 0.3 is 0 Å². The van der Waals surface area contributed by atoms with Crippen LogP contribution in [0.5, 0.6) is 0 Å². The van der Waals surface area contributed by atoms with Crippen LogP contribution in [0.4, 0.5) is 0 Å². The summed E-state index contributed by atoms with van der Waals surface area (Å²) in [5, 5.41) is 0.0826. The fourth-order valence-corrected chi connectivity index (χ4v) is 2.83. The second-order valence-corrected chi connectivity index (χ2v) is 6.44. The molecule has 0 saturated carbocycles. The van der Waals surface area contributed by atoms with Crippen molar-refractivity contribution in [2.75, 3.05) is 6.61 Å². The molecule has 0 spiro atoms. The van der Waals surface area contributed by atoms with Crippen molar-refractivity contribution in [1.29, 1.82) is 0 Å². The molecule has 1 nitrogen and oxygen atoms in total. The van der Waals surface area contributed by atoms with Gasteiger partial charge in [0.25, 0.3) is 0 Å². The Bertz CT molecular complexity index is 389. The Morgan fingerprint density at radius 1 is 1.12 bits per heavy atom. The number of hydrogen-bond donors (Lipinski definition) is 0. The molecule has 1 unspecified atom stereocenters. The van der Waals surface area contributed by atoms with E-state index in [2.05, 4.69) is 48.6 Å². The molecule has 0 radical (unpaired) electrons. The van der Waals surface area contributed by atoms with Crippen LogP contribution in [0.2, 0.25) is 0 Å². The van der Waals surface area contributed by atoms with E-state index in [-0.39, 0.29) is 5.22 Å². The molecule has 1 aliphatic rings. The van der Waals surface area contributed by atoms with Crippen molar-refractivity contribution in [2.45, 2.75) is 24.5 Å². The molecule has 0 amide bonds. The third-order valence-electron chi connectivity index (χ3n) is 3.15. The van der Waals surface area contributed by atoms with Gasteiger partial charge in [0.15, 0.2) is 0 Å². The van der Waals surface area contributed by atoms with Crippen LogP contribution in [0.15, 0.2) is 48.6 Å². The van der Waals surface area contributed by atoms with Gasteiger partial charge in [-0.15, -0.1) is 0 Å². The van der Waals surface area contributed by atoms with Crippen LogP contribution in [0.3, 0.4) is 0 Å². The zero-order chi connectivity index (χ0) is 12.0. The first-order valence-corrected chi connectivity index (χ1v) is 7.33. The molecule has 1 aromatic carbocycles. The summed E-state index contributed by atoms with van der Waals surface area (Å²) in [5.41, 5.74) is 1.24. The van der Waals surface area contributed by atoms with Gasteiger partial charge < -0.3 is 4.74 Å². The minimum absolute atomic E-state index is 0.0826. The van der Waals surface area contributed by atoms with Gasteiger partial charge in [-0.3, -0.25) is 0 Å². The largest absolute Gasteiger partial charge is 0.376 e. The van der Waals surface area contributed by atoms with E-state index in [0.717, 1.165) is 16.8 Å². The van der Waals surface area contributed by atoms with Gasteiger partial charge in [0.05, 0.1) is 5.22 Å². The van der Waals surface area contributed by atoms with Gasteiger partial charge in [0.2, 0.25) is 0 Å². The molecule has 2 heteroatoms. The highest BCUT2D eigenvalue weighted by Gasteiger charge is 2.23. The third kappa shape index (κ3) is 3.99. The Morgan fingerprint density at radius 2 is 1.94 bits per heavy atom. The van der Waals surface area contributed by atoms with Crippen molar-refractivity contribution < 1.29 is 4.74 Å². The van der Waals surface area contributed by atoms with E-state index in [4.69, 9.17) is 4.74 Å². The first-order chi connectivity index (χ1) is 8.29. The average Bonchev–Trinajstić information content (AvgIpc) is 2.37. The lowest BCUT2D eigenvalue weighted by Gasteiger charge is -2.31. The van der Waals surface area contributed by atoms with E-state index in [1.165, 1.54) is 24.8 Å². The lowest BCUT2D eigenvalue weighted by Crippen LogP contribution is -2.34. The summed E-state index contributed by atoms with van der Waals surface area (Å²) in [5.74, 6) is 0. The van der Waals surface area contributed by atoms with Crippen LogP contribution >= 0.6 is 0 Å². The number of benzene rings is 1. The molecular weight excluding hydrogens is 224 g/mol. The van der Waals surface area contributed by atoms with Gasteiger partial charge in [0.1, 0.15) is 0 Å². The maximum absolute atomic E-state index is 5.86. The maximum atomic E-state index is 5.86. The molecule has 0 N–H and O–H groups in total. The van der Waals surface area contributed by atoms with E-state index in [1.54, 1.807) is 0 Å². The highest BCUT2D eigenvalue weighted by molar-refractivity contribution is 6.16. The predicted octanol–water partition coefficient (Wildman–Crippen LogP) is 2.52. The van der Waals surface area contributed by atoms with Gasteiger partial charge in [-0.25, -0.2) is 0 Å². The van der Waals surface area contributed by atoms with Crippen LogP contribution in [-0.4, -0.2) is 22.1 Å². The second-order valence-electron chi connectivity index (χ2n) is 4.75. The molecule has 17 heavy (non-hydrogen) atoms. The van der Waals surface area contributed by atoms with Crippen molar-refractivity contribution in [3.05, 3.63) is 54.1 Å². The number of ether oxygens (including phenoxy) is 1. The molecule has 1 atom stereocenters. The molecule has 2 rings (SSSR count). The minimum atomic E-state index is 0.0826. The SMILES string of the molecule is [SiH3]C1(C=CC=Cc2ccccc2)CCCCO1. The Kier molecular flexibility index (Phi) is 4.34. The van der Waals surface area contributed by atoms with E-state index >= 15 is 0 Å². The molecule has 1 aromatic rings. The van der Waals surface area contributed by atoms with E-state index in [9.17, 15) is 0 Å². The lowest BCUT2D eigenvalue weighted by atomic mass is 10.1. The molecule has 1 heterocycles. The van der Waals surface area contributed by atoms with Crippen molar-refractivity contribution >= 4 is 16.3 Å². The molecule has 1 saturated heterocycles. The van der Waals surface area contributed by atoms with Crippen molar-refractivity contribution in [3.63, 3.8) is 0 Å². The first-order valence-electron chi connectivity index (χ1n) is 6.33. The fraction of sp³-hybridized carbons (Fsp3) is 0.333. The van der Waals surface area contributed by atoms with Crippen molar-refractivity contribution in [3.8, 4) is 0 Å². The van der Waals surface area contributed by atoms with E-state index in [0.29, 0.717) is 0 Å². The average molecular weight is 244 g/mol. The number of rotatable bonds is 3. The molecule has 90 valence electrons. The smallest absolute Gasteiger partial charge is 0.0658 e. The van der Waals surface area contributed by atoms with Gasteiger partial charge in [-0.1, -0.05) is 54.6 Å². The Labute approximate surface area is 107 Å². The van der Waals surface area contributed by atoms with Crippen molar-refractivity contribution in [1.82, 2.24) is 0 Å². The Morgan fingerprint density at radius 3 is 2.65 bits per heavy atom. The standard InChI is InChI=1S/C15H20OSi/c17-15(12-6-7-13-16-15)11-5-4-10-14-8-2-1-3-9-14/h1-5,8-11H,6-7,12-13H2,17H3. The summed E-state index contributed by atoms with van der Waals surface area (Å²) >= 11 is 0. The summed E-state index contributed by atoms with van der Waals surface area (Å²) in [6.45, 7) is 0.927. The monoisotopic (exact) mass is 244 g/mol. The molecule has 0 aliphatic carbocycles. The highest BCUT2D eigenvalue weighted by Crippen LogP contribution is 2.22. The molecular formula is C15H20OSi. The van der Waals surface area contributed by atoms with Crippen LogP contribution in [-0.2, 0) is 4.74 Å². The number of hydrogen-bond acceptors (Lipinski definition) is 1. The summed E-state index contributed by atoms with van der Waals surface area (Å²) in [4.78, 5) is 0. The van der Waals surface area contributed by atoms with E-state index < -0.39 is 0 Å². The summed E-state index contributed by atoms with van der Waals surface area (Å²) in [6.07, 6.45) is 12.3. The zero-order valence-corrected chi connectivity index (χ0v) is 12.4. The maximum Gasteiger partial charge on any atom is 0.0658 e. The first kappa shape index (κ1) is 12.3. The summed E-state index contributed by atoms with van der Waals surface area (Å²) in [7, 11) is 1.07. The van der Waals surface area contributed by atoms with Gasteiger partial charge in [-0.05, 0) is 24.8 Å². The van der Waals surface area contributed by atoms with Gasteiger partial charge in [-0.2, -0.15) is 0 Å². The van der Waals surface area contributed by atoms with Crippen LogP contribution in [0, 0.1) is 0 Å². The molecule has 0 aromatic heterocycles. The normalized spacial score (nSPS) is 25.9. The topological polar surface area (TPSA) is 9.23 Å². The van der Waals surface area contributed by atoms with Crippen LogP contribution in [0.1, 0.15) is 24.8 Å². The molecule has 1 fully saturated rings. The molecule has 1 aliphatic heterocycles.